The predicted octanol–water partition coefficient (Wildman–Crippen LogP) is 2.48. The van der Waals surface area contributed by atoms with Gasteiger partial charge in [-0.05, 0) is 31.2 Å². The SMILES string of the molecule is CC(O)c1cc(NC(=O)c2ccccc2)c(=O)oc1/C=C/N(C)C. The lowest BCUT2D eigenvalue weighted by atomic mass is 10.1. The summed E-state index contributed by atoms with van der Waals surface area (Å²) in [6.45, 7) is 1.56. The largest absolute Gasteiger partial charge is 0.421 e. The normalized spacial score (nSPS) is 12.2. The number of hydrogen-bond donors (Lipinski definition) is 2. The van der Waals surface area contributed by atoms with Crippen molar-refractivity contribution >= 4 is 17.7 Å². The Morgan fingerprint density at radius 1 is 1.29 bits per heavy atom. The van der Waals surface area contributed by atoms with Gasteiger partial charge in [0.2, 0.25) is 0 Å². The van der Waals surface area contributed by atoms with Gasteiger partial charge in [-0.25, -0.2) is 4.79 Å². The Bertz CT molecular complexity index is 792. The first-order chi connectivity index (χ1) is 11.4. The lowest BCUT2D eigenvalue weighted by molar-refractivity contribution is 0.102. The highest BCUT2D eigenvalue weighted by molar-refractivity contribution is 6.04. The van der Waals surface area contributed by atoms with E-state index >= 15 is 0 Å². The van der Waals surface area contributed by atoms with Gasteiger partial charge in [0, 0.05) is 31.4 Å². The van der Waals surface area contributed by atoms with Gasteiger partial charge in [0.15, 0.2) is 0 Å². The minimum atomic E-state index is -0.858. The molecule has 0 aliphatic heterocycles. The highest BCUT2D eigenvalue weighted by Gasteiger charge is 2.15. The minimum absolute atomic E-state index is 0.0123. The molecule has 0 saturated heterocycles. The van der Waals surface area contributed by atoms with Crippen molar-refractivity contribution in [2.24, 2.45) is 0 Å². The van der Waals surface area contributed by atoms with E-state index in [-0.39, 0.29) is 11.4 Å². The Balaban J connectivity index is 2.36. The number of benzene rings is 1. The maximum absolute atomic E-state index is 12.2. The highest BCUT2D eigenvalue weighted by Crippen LogP contribution is 2.21. The first kappa shape index (κ1) is 17.5. The van der Waals surface area contributed by atoms with E-state index in [4.69, 9.17) is 4.42 Å². The van der Waals surface area contributed by atoms with Crippen molar-refractivity contribution in [2.45, 2.75) is 13.0 Å². The van der Waals surface area contributed by atoms with Crippen LogP contribution in [-0.2, 0) is 0 Å². The van der Waals surface area contributed by atoms with Crippen LogP contribution in [0.1, 0.15) is 34.7 Å². The maximum Gasteiger partial charge on any atom is 0.360 e. The zero-order valence-electron chi connectivity index (χ0n) is 13.8. The second-order valence-electron chi connectivity index (χ2n) is 5.54. The third-order valence-electron chi connectivity index (χ3n) is 3.27. The van der Waals surface area contributed by atoms with Crippen molar-refractivity contribution in [3.63, 3.8) is 0 Å². The molecular weight excluding hydrogens is 308 g/mol. The van der Waals surface area contributed by atoms with Gasteiger partial charge < -0.3 is 19.7 Å². The van der Waals surface area contributed by atoms with E-state index in [1.165, 1.54) is 6.07 Å². The van der Waals surface area contributed by atoms with Gasteiger partial charge in [0.1, 0.15) is 11.4 Å². The first-order valence-electron chi connectivity index (χ1n) is 7.45. The molecule has 0 fully saturated rings. The molecule has 0 aliphatic rings. The van der Waals surface area contributed by atoms with Crippen LogP contribution in [0, 0.1) is 0 Å². The molecule has 1 atom stereocenters. The molecule has 1 amide bonds. The molecule has 126 valence electrons. The van der Waals surface area contributed by atoms with E-state index in [0.29, 0.717) is 11.1 Å². The van der Waals surface area contributed by atoms with Crippen LogP contribution in [0.25, 0.3) is 6.08 Å². The van der Waals surface area contributed by atoms with Crippen molar-refractivity contribution < 1.29 is 14.3 Å². The van der Waals surface area contributed by atoms with Crippen molar-refractivity contribution in [3.05, 3.63) is 69.9 Å². The molecule has 6 nitrogen and oxygen atoms in total. The standard InChI is InChI=1S/C18H20N2O4/c1-12(21)14-11-15(18(23)24-16(14)9-10-20(2)3)19-17(22)13-7-5-4-6-8-13/h4-12,21H,1-3H3,(H,19,22)/b10-9+. The van der Waals surface area contributed by atoms with Gasteiger partial charge in [-0.1, -0.05) is 18.2 Å². The Morgan fingerprint density at radius 2 is 1.96 bits per heavy atom. The molecule has 24 heavy (non-hydrogen) atoms. The third kappa shape index (κ3) is 4.33. The number of carbonyl (C=O) groups is 1. The molecule has 0 aliphatic carbocycles. The van der Waals surface area contributed by atoms with Gasteiger partial charge in [0.25, 0.3) is 5.91 Å². The molecule has 0 saturated carbocycles. The molecule has 2 N–H and O–H groups in total. The smallest absolute Gasteiger partial charge is 0.360 e. The molecule has 0 bridgehead atoms. The van der Waals surface area contributed by atoms with Crippen LogP contribution in [0.3, 0.4) is 0 Å². The van der Waals surface area contributed by atoms with E-state index in [2.05, 4.69) is 5.32 Å². The molecule has 1 aromatic heterocycles. The van der Waals surface area contributed by atoms with Crippen LogP contribution in [0.2, 0.25) is 0 Å². The summed E-state index contributed by atoms with van der Waals surface area (Å²) >= 11 is 0. The van der Waals surface area contributed by atoms with E-state index in [0.717, 1.165) is 0 Å². The van der Waals surface area contributed by atoms with Gasteiger partial charge in [0.05, 0.1) is 6.10 Å². The molecule has 6 heteroatoms. The van der Waals surface area contributed by atoms with Gasteiger partial charge >= 0.3 is 5.63 Å². The number of amides is 1. The van der Waals surface area contributed by atoms with Crippen molar-refractivity contribution in [3.8, 4) is 0 Å². The Kier molecular flexibility index (Phi) is 5.55. The number of hydrogen-bond acceptors (Lipinski definition) is 5. The Morgan fingerprint density at radius 3 is 2.54 bits per heavy atom. The Hall–Kier alpha value is -2.86. The number of rotatable bonds is 5. The van der Waals surface area contributed by atoms with Crippen LogP contribution < -0.4 is 10.9 Å². The molecule has 2 aromatic rings. The fourth-order valence-corrected chi connectivity index (χ4v) is 2.04. The zero-order chi connectivity index (χ0) is 17.7. The molecule has 1 aromatic carbocycles. The average molecular weight is 328 g/mol. The number of nitrogens with zero attached hydrogens (tertiary/aromatic N) is 1. The van der Waals surface area contributed by atoms with Gasteiger partial charge in [-0.15, -0.1) is 0 Å². The van der Waals surface area contributed by atoms with E-state index < -0.39 is 17.6 Å². The zero-order valence-corrected chi connectivity index (χ0v) is 13.8. The van der Waals surface area contributed by atoms with Crippen LogP contribution in [0.15, 0.2) is 51.8 Å². The summed E-state index contributed by atoms with van der Waals surface area (Å²) in [5, 5.41) is 12.4. The van der Waals surface area contributed by atoms with E-state index in [9.17, 15) is 14.7 Å². The number of aliphatic hydroxyl groups is 1. The van der Waals surface area contributed by atoms with Crippen LogP contribution in [-0.4, -0.2) is 30.0 Å². The molecule has 0 radical (unpaired) electrons. The molecule has 2 rings (SSSR count). The monoisotopic (exact) mass is 328 g/mol. The third-order valence-corrected chi connectivity index (χ3v) is 3.27. The van der Waals surface area contributed by atoms with Gasteiger partial charge in [-0.2, -0.15) is 0 Å². The molecule has 1 heterocycles. The van der Waals surface area contributed by atoms with E-state index in [1.807, 2.05) is 14.1 Å². The average Bonchev–Trinajstić information content (AvgIpc) is 2.55. The summed E-state index contributed by atoms with van der Waals surface area (Å²) in [5.41, 5.74) is 0.145. The lowest BCUT2D eigenvalue weighted by Gasteiger charge is -2.11. The topological polar surface area (TPSA) is 82.8 Å². The van der Waals surface area contributed by atoms with Crippen molar-refractivity contribution in [1.82, 2.24) is 4.90 Å². The molecular formula is C18H20N2O4. The molecule has 1 unspecified atom stereocenters. The quantitative estimate of drug-likeness (QED) is 0.881. The highest BCUT2D eigenvalue weighted by atomic mass is 16.4. The summed E-state index contributed by atoms with van der Waals surface area (Å²) in [6.07, 6.45) is 2.43. The Labute approximate surface area is 140 Å². The molecule has 0 spiro atoms. The summed E-state index contributed by atoms with van der Waals surface area (Å²) in [4.78, 5) is 26.1. The summed E-state index contributed by atoms with van der Waals surface area (Å²) in [5.74, 6) is -0.169. The van der Waals surface area contributed by atoms with Crippen molar-refractivity contribution in [2.75, 3.05) is 19.4 Å². The summed E-state index contributed by atoms with van der Waals surface area (Å²) < 4.78 is 5.24. The predicted molar refractivity (Wildman–Crippen MR) is 92.7 cm³/mol. The van der Waals surface area contributed by atoms with Crippen molar-refractivity contribution in [1.29, 1.82) is 0 Å². The summed E-state index contributed by atoms with van der Waals surface area (Å²) in [7, 11) is 3.65. The number of aliphatic hydroxyl groups excluding tert-OH is 1. The first-order valence-corrected chi connectivity index (χ1v) is 7.45. The lowest BCUT2D eigenvalue weighted by Crippen LogP contribution is -2.19. The van der Waals surface area contributed by atoms with Crippen LogP contribution >= 0.6 is 0 Å². The fraction of sp³-hybridized carbons (Fsp3) is 0.222. The second kappa shape index (κ2) is 7.61. The van der Waals surface area contributed by atoms with E-state index in [1.54, 1.807) is 54.4 Å². The second-order valence-corrected chi connectivity index (χ2v) is 5.54. The minimum Gasteiger partial charge on any atom is -0.421 e. The number of anilines is 1. The number of carbonyl (C=O) groups excluding carboxylic acids is 1. The number of nitrogens with one attached hydrogen (secondary N) is 1. The van der Waals surface area contributed by atoms with Crippen LogP contribution in [0.4, 0.5) is 5.69 Å². The van der Waals surface area contributed by atoms with Gasteiger partial charge in [-0.3, -0.25) is 4.79 Å². The maximum atomic E-state index is 12.2. The van der Waals surface area contributed by atoms with Crippen LogP contribution in [0.5, 0.6) is 0 Å². The summed E-state index contributed by atoms with van der Waals surface area (Å²) in [6, 6.07) is 9.97. The fourth-order valence-electron chi connectivity index (χ4n) is 2.04.